The number of hydrogen-bond donors (Lipinski definition) is 1. The number of aliphatic hydroxyl groups is 1. The van der Waals surface area contributed by atoms with Crippen LogP contribution in [-0.2, 0) is 16.1 Å². The van der Waals surface area contributed by atoms with Gasteiger partial charge in [0.05, 0.1) is 6.61 Å². The molecule has 0 saturated carbocycles. The molecule has 0 fully saturated rings. The number of aldehydes is 1. The van der Waals surface area contributed by atoms with Gasteiger partial charge in [0, 0.05) is 19.8 Å². The van der Waals surface area contributed by atoms with Crippen LogP contribution >= 0.6 is 0 Å². The van der Waals surface area contributed by atoms with Crippen LogP contribution in [0.1, 0.15) is 22.8 Å². The van der Waals surface area contributed by atoms with Crippen LogP contribution in [0.5, 0.6) is 0 Å². The second-order valence-electron chi connectivity index (χ2n) is 3.06. The van der Waals surface area contributed by atoms with Crippen LogP contribution in [0.25, 0.3) is 0 Å². The third-order valence-corrected chi connectivity index (χ3v) is 1.96. The predicted molar refractivity (Wildman–Crippen MR) is 61.2 cm³/mol. The van der Waals surface area contributed by atoms with Crippen molar-refractivity contribution in [1.29, 1.82) is 0 Å². The standard InChI is InChI=1S/C8H8O2.C4H10O2/c9-5-7-1-2-8(6-10)4-3-7;1-4(5-2)6-3/h1-5,10H,6H2;4H,1-3H3. The molecule has 0 amide bonds. The van der Waals surface area contributed by atoms with Crippen molar-refractivity contribution in [2.45, 2.75) is 19.8 Å². The van der Waals surface area contributed by atoms with Gasteiger partial charge in [-0.1, -0.05) is 24.3 Å². The Morgan fingerprint density at radius 2 is 1.75 bits per heavy atom. The summed E-state index contributed by atoms with van der Waals surface area (Å²) in [6.45, 7) is 1.86. The molecule has 1 rings (SSSR count). The molecule has 90 valence electrons. The number of carbonyl (C=O) groups is 1. The van der Waals surface area contributed by atoms with E-state index in [-0.39, 0.29) is 12.9 Å². The van der Waals surface area contributed by atoms with Crippen LogP contribution < -0.4 is 0 Å². The quantitative estimate of drug-likeness (QED) is 0.626. The lowest BCUT2D eigenvalue weighted by Gasteiger charge is -2.03. The molecule has 0 atom stereocenters. The molecule has 0 aliphatic carbocycles. The van der Waals surface area contributed by atoms with E-state index in [0.29, 0.717) is 5.56 Å². The van der Waals surface area contributed by atoms with Crippen LogP contribution in [0.15, 0.2) is 24.3 Å². The maximum absolute atomic E-state index is 10.1. The first-order valence-electron chi connectivity index (χ1n) is 4.88. The van der Waals surface area contributed by atoms with Gasteiger partial charge in [-0.05, 0) is 12.5 Å². The molecule has 1 aromatic carbocycles. The van der Waals surface area contributed by atoms with Crippen LogP contribution in [0.3, 0.4) is 0 Å². The number of hydrogen-bond acceptors (Lipinski definition) is 4. The lowest BCUT2D eigenvalue weighted by atomic mass is 10.2. The van der Waals surface area contributed by atoms with Gasteiger partial charge in [-0.2, -0.15) is 0 Å². The van der Waals surface area contributed by atoms with Gasteiger partial charge in [0.2, 0.25) is 0 Å². The van der Waals surface area contributed by atoms with Crippen LogP contribution in [0.4, 0.5) is 0 Å². The highest BCUT2D eigenvalue weighted by Crippen LogP contribution is 2.01. The number of aliphatic hydroxyl groups excluding tert-OH is 1. The van der Waals surface area contributed by atoms with Gasteiger partial charge in [0.25, 0.3) is 0 Å². The van der Waals surface area contributed by atoms with Crippen molar-refractivity contribution < 1.29 is 19.4 Å². The molecule has 0 spiro atoms. The van der Waals surface area contributed by atoms with Crippen molar-refractivity contribution >= 4 is 6.29 Å². The number of carbonyl (C=O) groups excluding carboxylic acids is 1. The Hall–Kier alpha value is -1.23. The summed E-state index contributed by atoms with van der Waals surface area (Å²) in [7, 11) is 3.21. The summed E-state index contributed by atoms with van der Waals surface area (Å²) in [5.41, 5.74) is 1.46. The Morgan fingerprint density at radius 1 is 1.25 bits per heavy atom. The third kappa shape index (κ3) is 6.29. The first kappa shape index (κ1) is 14.8. The summed E-state index contributed by atoms with van der Waals surface area (Å²) in [5, 5.41) is 8.61. The Bertz CT molecular complexity index is 278. The summed E-state index contributed by atoms with van der Waals surface area (Å²) in [4.78, 5) is 10.1. The minimum absolute atomic E-state index is 0.0269. The molecule has 0 aromatic heterocycles. The summed E-state index contributed by atoms with van der Waals surface area (Å²) in [6, 6.07) is 6.81. The van der Waals surface area contributed by atoms with Crippen molar-refractivity contribution in [2.24, 2.45) is 0 Å². The second kappa shape index (κ2) is 9.03. The summed E-state index contributed by atoms with van der Waals surface area (Å²) in [5.74, 6) is 0. The average Bonchev–Trinajstić information content (AvgIpc) is 2.38. The van der Waals surface area contributed by atoms with Crippen molar-refractivity contribution in [3.63, 3.8) is 0 Å². The molecule has 0 saturated heterocycles. The average molecular weight is 226 g/mol. The fraction of sp³-hybridized carbons (Fsp3) is 0.417. The Kier molecular flexibility index (Phi) is 8.34. The van der Waals surface area contributed by atoms with Crippen molar-refractivity contribution in [1.82, 2.24) is 0 Å². The van der Waals surface area contributed by atoms with E-state index in [1.54, 1.807) is 38.5 Å². The SMILES string of the molecule is COC(C)OC.O=Cc1ccc(CO)cc1. The fourth-order valence-electron chi connectivity index (χ4n) is 0.798. The third-order valence-electron chi connectivity index (χ3n) is 1.96. The predicted octanol–water partition coefficient (Wildman–Crippen LogP) is 1.62. The zero-order chi connectivity index (χ0) is 12.4. The molecule has 16 heavy (non-hydrogen) atoms. The number of benzene rings is 1. The molecule has 0 unspecified atom stereocenters. The van der Waals surface area contributed by atoms with Crippen molar-refractivity contribution in [3.8, 4) is 0 Å². The molecule has 1 N–H and O–H groups in total. The molecule has 4 nitrogen and oxygen atoms in total. The molecular weight excluding hydrogens is 208 g/mol. The number of rotatable bonds is 4. The van der Waals surface area contributed by atoms with Gasteiger partial charge < -0.3 is 14.6 Å². The molecule has 0 aliphatic rings. The maximum Gasteiger partial charge on any atom is 0.154 e. The smallest absolute Gasteiger partial charge is 0.154 e. The first-order valence-corrected chi connectivity index (χ1v) is 4.88. The number of ether oxygens (including phenoxy) is 2. The topological polar surface area (TPSA) is 55.8 Å². The van der Waals surface area contributed by atoms with Gasteiger partial charge in [-0.25, -0.2) is 0 Å². The second-order valence-corrected chi connectivity index (χ2v) is 3.06. The van der Waals surface area contributed by atoms with E-state index in [1.807, 2.05) is 6.92 Å². The summed E-state index contributed by atoms with van der Waals surface area (Å²) < 4.78 is 9.35. The zero-order valence-corrected chi connectivity index (χ0v) is 9.84. The van der Waals surface area contributed by atoms with Crippen molar-refractivity contribution in [2.75, 3.05) is 14.2 Å². The van der Waals surface area contributed by atoms with E-state index in [1.165, 1.54) is 0 Å². The largest absolute Gasteiger partial charge is 0.392 e. The van der Waals surface area contributed by atoms with Crippen LogP contribution in [0.2, 0.25) is 0 Å². The van der Waals surface area contributed by atoms with Gasteiger partial charge in [-0.15, -0.1) is 0 Å². The van der Waals surface area contributed by atoms with Crippen LogP contribution in [-0.4, -0.2) is 31.9 Å². The molecule has 4 heteroatoms. The minimum atomic E-state index is -0.0648. The molecular formula is C12H18O4. The fourth-order valence-corrected chi connectivity index (χ4v) is 0.798. The monoisotopic (exact) mass is 226 g/mol. The highest BCUT2D eigenvalue weighted by atomic mass is 16.7. The molecule has 0 radical (unpaired) electrons. The van der Waals surface area contributed by atoms with E-state index >= 15 is 0 Å². The Labute approximate surface area is 95.8 Å². The van der Waals surface area contributed by atoms with E-state index in [2.05, 4.69) is 9.47 Å². The minimum Gasteiger partial charge on any atom is -0.392 e. The number of methoxy groups -OCH3 is 2. The molecule has 0 aliphatic heterocycles. The lowest BCUT2D eigenvalue weighted by Crippen LogP contribution is -2.05. The van der Waals surface area contributed by atoms with Gasteiger partial charge in [0.15, 0.2) is 6.29 Å². The van der Waals surface area contributed by atoms with Crippen molar-refractivity contribution in [3.05, 3.63) is 35.4 Å². The summed E-state index contributed by atoms with van der Waals surface area (Å²) in [6.07, 6.45) is 0.714. The van der Waals surface area contributed by atoms with Gasteiger partial charge in [-0.3, -0.25) is 4.79 Å². The highest BCUT2D eigenvalue weighted by Gasteiger charge is 1.89. The molecule has 1 aromatic rings. The first-order chi connectivity index (χ1) is 7.67. The van der Waals surface area contributed by atoms with E-state index in [9.17, 15) is 4.79 Å². The summed E-state index contributed by atoms with van der Waals surface area (Å²) >= 11 is 0. The van der Waals surface area contributed by atoms with E-state index in [0.717, 1.165) is 11.8 Å². The molecule has 0 heterocycles. The normalized spacial score (nSPS) is 9.56. The Balaban J connectivity index is 0.000000325. The van der Waals surface area contributed by atoms with E-state index < -0.39 is 0 Å². The van der Waals surface area contributed by atoms with Gasteiger partial charge >= 0.3 is 0 Å². The lowest BCUT2D eigenvalue weighted by molar-refractivity contribution is -0.0877. The van der Waals surface area contributed by atoms with Crippen LogP contribution in [0, 0.1) is 0 Å². The van der Waals surface area contributed by atoms with E-state index in [4.69, 9.17) is 5.11 Å². The van der Waals surface area contributed by atoms with Gasteiger partial charge in [0.1, 0.15) is 6.29 Å². The highest BCUT2D eigenvalue weighted by molar-refractivity contribution is 5.74. The molecule has 0 bridgehead atoms. The maximum atomic E-state index is 10.1. The Morgan fingerprint density at radius 3 is 2.00 bits per heavy atom. The zero-order valence-electron chi connectivity index (χ0n) is 9.84.